The molecule has 12 nitrogen and oxygen atoms in total. The zero-order valence-electron chi connectivity index (χ0n) is 17.1. The average molecular weight is 434 g/mol. The lowest BCUT2D eigenvalue weighted by Gasteiger charge is -2.36. The lowest BCUT2D eigenvalue weighted by atomic mass is 10.2. The number of non-ortho nitro benzene ring substituents is 1. The minimum Gasteiger partial charge on any atom is -0.379 e. The molecule has 2 fully saturated rings. The van der Waals surface area contributed by atoms with Gasteiger partial charge in [-0.1, -0.05) is 6.07 Å². The molecule has 0 spiro atoms. The molecular formula is C19H26N6O6. The second kappa shape index (κ2) is 10.8. The highest BCUT2D eigenvalue weighted by atomic mass is 16.6. The van der Waals surface area contributed by atoms with Gasteiger partial charge in [-0.25, -0.2) is 0 Å². The number of carbonyl (C=O) groups excluding carboxylic acids is 3. The third-order valence-electron chi connectivity index (χ3n) is 5.19. The molecule has 1 aromatic carbocycles. The van der Waals surface area contributed by atoms with Gasteiger partial charge in [0.2, 0.25) is 5.91 Å². The second-order valence-corrected chi connectivity index (χ2v) is 7.36. The fraction of sp³-hybridized carbons (Fsp3) is 0.526. The summed E-state index contributed by atoms with van der Waals surface area (Å²) in [5, 5.41) is 10.8. The van der Waals surface area contributed by atoms with Crippen LogP contribution in [0.25, 0.3) is 0 Å². The second-order valence-electron chi connectivity index (χ2n) is 7.36. The number of rotatable bonds is 6. The molecule has 2 saturated heterocycles. The van der Waals surface area contributed by atoms with Crippen molar-refractivity contribution in [1.82, 2.24) is 25.6 Å². The number of hydrogen-bond donors (Lipinski definition) is 2. The van der Waals surface area contributed by atoms with E-state index in [9.17, 15) is 24.5 Å². The molecule has 0 unspecified atom stereocenters. The lowest BCUT2D eigenvalue weighted by Crippen LogP contribution is -2.54. The normalized spacial score (nSPS) is 17.7. The SMILES string of the molecule is O=C(CN1CCN(C(=O)CN2CCOCC2)CC1)NNC(=O)c1cccc([N+](=O)[O-])c1. The first kappa shape index (κ1) is 22.6. The first-order valence-corrected chi connectivity index (χ1v) is 10.1. The topological polar surface area (TPSA) is 137 Å². The summed E-state index contributed by atoms with van der Waals surface area (Å²) >= 11 is 0. The van der Waals surface area contributed by atoms with E-state index in [0.29, 0.717) is 45.9 Å². The van der Waals surface area contributed by atoms with Crippen molar-refractivity contribution in [1.29, 1.82) is 0 Å². The summed E-state index contributed by atoms with van der Waals surface area (Å²) in [4.78, 5) is 52.6. The first-order chi connectivity index (χ1) is 14.9. The van der Waals surface area contributed by atoms with Gasteiger partial charge in [0.25, 0.3) is 17.5 Å². The minimum atomic E-state index is -0.643. The molecule has 2 aliphatic heterocycles. The number of nitrogens with one attached hydrogen (secondary N) is 2. The molecule has 3 rings (SSSR count). The van der Waals surface area contributed by atoms with Crippen molar-refractivity contribution in [2.45, 2.75) is 0 Å². The van der Waals surface area contributed by atoms with Crippen LogP contribution in [0.2, 0.25) is 0 Å². The molecule has 168 valence electrons. The van der Waals surface area contributed by atoms with Crippen molar-refractivity contribution in [3.8, 4) is 0 Å². The number of morpholine rings is 1. The maximum atomic E-state index is 12.4. The molecule has 0 aromatic heterocycles. The van der Waals surface area contributed by atoms with Gasteiger partial charge >= 0.3 is 0 Å². The Morgan fingerprint density at radius 1 is 0.968 bits per heavy atom. The summed E-state index contributed by atoms with van der Waals surface area (Å²) in [5.74, 6) is -0.974. The van der Waals surface area contributed by atoms with Crippen LogP contribution < -0.4 is 10.9 Å². The smallest absolute Gasteiger partial charge is 0.270 e. The van der Waals surface area contributed by atoms with Gasteiger partial charge in [-0.3, -0.25) is 45.1 Å². The Balaban J connectivity index is 1.37. The number of carbonyl (C=O) groups is 3. The summed E-state index contributed by atoms with van der Waals surface area (Å²) in [6.07, 6.45) is 0. The Morgan fingerprint density at radius 2 is 1.65 bits per heavy atom. The van der Waals surface area contributed by atoms with Gasteiger partial charge in [-0.15, -0.1) is 0 Å². The lowest BCUT2D eigenvalue weighted by molar-refractivity contribution is -0.384. The number of piperazine rings is 1. The number of hydrazine groups is 1. The van der Waals surface area contributed by atoms with Crippen LogP contribution >= 0.6 is 0 Å². The van der Waals surface area contributed by atoms with Crippen molar-refractivity contribution >= 4 is 23.4 Å². The van der Waals surface area contributed by atoms with E-state index < -0.39 is 16.7 Å². The van der Waals surface area contributed by atoms with Gasteiger partial charge in [0.15, 0.2) is 0 Å². The molecule has 0 atom stereocenters. The van der Waals surface area contributed by atoms with E-state index in [2.05, 4.69) is 15.8 Å². The molecule has 0 saturated carbocycles. The Labute approximate surface area is 179 Å². The number of hydrogen-bond acceptors (Lipinski definition) is 8. The molecule has 31 heavy (non-hydrogen) atoms. The summed E-state index contributed by atoms with van der Waals surface area (Å²) < 4.78 is 5.29. The zero-order chi connectivity index (χ0) is 22.2. The number of nitro benzene ring substituents is 1. The Kier molecular flexibility index (Phi) is 7.87. The molecule has 2 aliphatic rings. The van der Waals surface area contributed by atoms with Crippen LogP contribution in [0, 0.1) is 10.1 Å². The predicted molar refractivity (Wildman–Crippen MR) is 109 cm³/mol. The fourth-order valence-corrected chi connectivity index (χ4v) is 3.41. The van der Waals surface area contributed by atoms with Gasteiger partial charge in [-0.2, -0.15) is 0 Å². The van der Waals surface area contributed by atoms with Crippen LogP contribution in [0.5, 0.6) is 0 Å². The largest absolute Gasteiger partial charge is 0.379 e. The molecule has 12 heteroatoms. The number of ether oxygens (including phenoxy) is 1. The summed E-state index contributed by atoms with van der Waals surface area (Å²) in [5.41, 5.74) is 4.44. The molecular weight excluding hydrogens is 408 g/mol. The molecule has 2 N–H and O–H groups in total. The Morgan fingerprint density at radius 3 is 2.32 bits per heavy atom. The van der Waals surface area contributed by atoms with E-state index in [1.165, 1.54) is 18.2 Å². The number of nitrogens with zero attached hydrogens (tertiary/aromatic N) is 4. The van der Waals surface area contributed by atoms with Crippen LogP contribution in [0.15, 0.2) is 24.3 Å². The summed E-state index contributed by atoms with van der Waals surface area (Å²) in [6.45, 7) is 5.45. The average Bonchev–Trinajstić information content (AvgIpc) is 2.78. The Hall–Kier alpha value is -3.09. The van der Waals surface area contributed by atoms with E-state index in [1.807, 2.05) is 4.90 Å². The quantitative estimate of drug-likeness (QED) is 0.422. The molecule has 2 heterocycles. The standard InChI is InChI=1S/C19H26N6O6/c26-17(20-21-19(28)15-2-1-3-16(12-15)25(29)30)13-22-4-6-24(7-5-22)18(27)14-23-8-10-31-11-9-23/h1-3,12H,4-11,13-14H2,(H,20,26)(H,21,28). The molecule has 3 amide bonds. The monoisotopic (exact) mass is 434 g/mol. The summed E-state index contributed by atoms with van der Waals surface area (Å²) in [7, 11) is 0. The van der Waals surface area contributed by atoms with Gasteiger partial charge in [0.05, 0.1) is 31.2 Å². The van der Waals surface area contributed by atoms with Gasteiger partial charge in [-0.05, 0) is 6.07 Å². The highest BCUT2D eigenvalue weighted by molar-refractivity contribution is 5.96. The van der Waals surface area contributed by atoms with Gasteiger partial charge in [0.1, 0.15) is 0 Å². The number of amides is 3. The van der Waals surface area contributed by atoms with Gasteiger partial charge < -0.3 is 9.64 Å². The highest BCUT2D eigenvalue weighted by Gasteiger charge is 2.24. The molecule has 0 aliphatic carbocycles. The van der Waals surface area contributed by atoms with Crippen molar-refractivity contribution in [2.24, 2.45) is 0 Å². The third-order valence-corrected chi connectivity index (χ3v) is 5.19. The van der Waals surface area contributed by atoms with Crippen LogP contribution in [-0.2, 0) is 14.3 Å². The van der Waals surface area contributed by atoms with Crippen LogP contribution in [-0.4, -0.2) is 103 Å². The molecule has 0 bridgehead atoms. The van der Waals surface area contributed by atoms with Crippen LogP contribution in [0.1, 0.15) is 10.4 Å². The van der Waals surface area contributed by atoms with Crippen molar-refractivity contribution in [3.05, 3.63) is 39.9 Å². The fourth-order valence-electron chi connectivity index (χ4n) is 3.41. The maximum Gasteiger partial charge on any atom is 0.270 e. The number of nitro groups is 1. The van der Waals surface area contributed by atoms with Crippen molar-refractivity contribution < 1.29 is 24.0 Å². The third kappa shape index (κ3) is 6.70. The van der Waals surface area contributed by atoms with Crippen molar-refractivity contribution in [2.75, 3.05) is 65.6 Å². The van der Waals surface area contributed by atoms with E-state index in [-0.39, 0.29) is 23.7 Å². The maximum absolute atomic E-state index is 12.4. The minimum absolute atomic E-state index is 0.0702. The number of benzene rings is 1. The van der Waals surface area contributed by atoms with E-state index >= 15 is 0 Å². The molecule has 0 radical (unpaired) electrons. The summed E-state index contributed by atoms with van der Waals surface area (Å²) in [6, 6.07) is 5.23. The highest BCUT2D eigenvalue weighted by Crippen LogP contribution is 2.12. The van der Waals surface area contributed by atoms with Crippen LogP contribution in [0.4, 0.5) is 5.69 Å². The zero-order valence-corrected chi connectivity index (χ0v) is 17.1. The van der Waals surface area contributed by atoms with Gasteiger partial charge in [0, 0.05) is 57.0 Å². The van der Waals surface area contributed by atoms with E-state index in [4.69, 9.17) is 4.74 Å². The first-order valence-electron chi connectivity index (χ1n) is 10.1. The Bertz CT molecular complexity index is 820. The van der Waals surface area contributed by atoms with Crippen molar-refractivity contribution in [3.63, 3.8) is 0 Å². The van der Waals surface area contributed by atoms with E-state index in [0.717, 1.165) is 19.2 Å². The molecule has 1 aromatic rings. The van der Waals surface area contributed by atoms with E-state index in [1.54, 1.807) is 4.90 Å². The van der Waals surface area contributed by atoms with Crippen LogP contribution in [0.3, 0.4) is 0 Å². The predicted octanol–water partition coefficient (Wildman–Crippen LogP) is -1.17.